The Morgan fingerprint density at radius 2 is 1.55 bits per heavy atom. The van der Waals surface area contributed by atoms with Crippen LogP contribution in [-0.2, 0) is 51.0 Å². The smallest absolute Gasteiger partial charge is 0.328 e. The molecule has 2 aromatic rings. The monoisotopic (exact) mass is 837 g/mol. The van der Waals surface area contributed by atoms with Gasteiger partial charge in [-0.3, -0.25) is 24.1 Å². The highest BCUT2D eigenvalue weighted by Gasteiger charge is 2.42. The van der Waals surface area contributed by atoms with Gasteiger partial charge in [0.15, 0.2) is 0 Å². The summed E-state index contributed by atoms with van der Waals surface area (Å²) < 4.78 is 16.9. The van der Waals surface area contributed by atoms with Gasteiger partial charge in [0.2, 0.25) is 23.6 Å². The number of likely N-dealkylation sites (tertiary alicyclic amines) is 1. The summed E-state index contributed by atoms with van der Waals surface area (Å²) in [5, 5.41) is 8.89. The standard InChI is InChI=1S/C46H72N6O8/c1-12-31(4)42(51(8)40(54)29-48-45(56)41(30(2)3)50(7)26-24-33-20-22-35(47-6)23-21-33)38(58-9)28-39(53)52-25-16-19-37(52)43(59-10)32(5)44(55)49-36(46(57)60-11)27-34-17-14-13-15-18-34/h13-15,17-18,20-23,30-32,36-38,41-43,47H,12,16,19,24-29H2,1-11H3,(H,48,56)(H,49,55)/t31-,32+,36-,37-,38+,41?,42?,43+/m0/s1. The number of benzene rings is 2. The Kier molecular flexibility index (Phi) is 20.5. The highest BCUT2D eigenvalue weighted by molar-refractivity contribution is 5.88. The van der Waals surface area contributed by atoms with Crippen LogP contribution in [0.2, 0.25) is 0 Å². The van der Waals surface area contributed by atoms with Crippen LogP contribution in [-0.4, -0.2) is 143 Å². The van der Waals surface area contributed by atoms with E-state index in [1.807, 2.05) is 89.2 Å². The van der Waals surface area contributed by atoms with Crippen LogP contribution in [0.4, 0.5) is 5.69 Å². The summed E-state index contributed by atoms with van der Waals surface area (Å²) in [5.74, 6) is -2.33. The second kappa shape index (κ2) is 24.7. The zero-order valence-corrected chi connectivity index (χ0v) is 37.9. The molecule has 60 heavy (non-hydrogen) atoms. The van der Waals surface area contributed by atoms with Gasteiger partial charge < -0.3 is 40.0 Å². The molecule has 8 atom stereocenters. The van der Waals surface area contributed by atoms with Crippen molar-refractivity contribution in [2.75, 3.05) is 67.4 Å². The van der Waals surface area contributed by atoms with Crippen molar-refractivity contribution in [1.82, 2.24) is 25.3 Å². The number of hydrogen-bond donors (Lipinski definition) is 3. The van der Waals surface area contributed by atoms with Crippen LogP contribution in [0.3, 0.4) is 0 Å². The first kappa shape index (κ1) is 49.8. The summed E-state index contributed by atoms with van der Waals surface area (Å²) in [5.41, 5.74) is 3.08. The summed E-state index contributed by atoms with van der Waals surface area (Å²) in [6.45, 7) is 10.7. The summed E-state index contributed by atoms with van der Waals surface area (Å²) in [7, 11) is 9.88. The fourth-order valence-electron chi connectivity index (χ4n) is 8.50. The third-order valence-electron chi connectivity index (χ3n) is 12.2. The lowest BCUT2D eigenvalue weighted by molar-refractivity contribution is -0.148. The molecular weight excluding hydrogens is 765 g/mol. The van der Waals surface area contributed by atoms with Gasteiger partial charge in [-0.2, -0.15) is 0 Å². The molecule has 0 radical (unpaired) electrons. The Morgan fingerprint density at radius 3 is 2.12 bits per heavy atom. The number of methoxy groups -OCH3 is 3. The topological polar surface area (TPSA) is 159 Å². The minimum Gasteiger partial charge on any atom is -0.467 e. The average molecular weight is 837 g/mol. The highest BCUT2D eigenvalue weighted by atomic mass is 16.5. The van der Waals surface area contributed by atoms with Gasteiger partial charge in [0, 0.05) is 53.5 Å². The van der Waals surface area contributed by atoms with E-state index in [9.17, 15) is 24.0 Å². The second-order valence-corrected chi connectivity index (χ2v) is 16.5. The Bertz CT molecular complexity index is 1660. The number of hydrogen-bond acceptors (Lipinski definition) is 10. The van der Waals surface area contributed by atoms with E-state index >= 15 is 0 Å². The quantitative estimate of drug-likeness (QED) is 0.131. The molecule has 14 heteroatoms. The van der Waals surface area contributed by atoms with Gasteiger partial charge in [0.05, 0.1) is 56.3 Å². The van der Waals surface area contributed by atoms with Crippen LogP contribution in [0.1, 0.15) is 71.4 Å². The number of anilines is 1. The first-order chi connectivity index (χ1) is 28.6. The van der Waals surface area contributed by atoms with Crippen molar-refractivity contribution in [2.24, 2.45) is 17.8 Å². The molecule has 2 aromatic carbocycles. The minimum absolute atomic E-state index is 0.00237. The summed E-state index contributed by atoms with van der Waals surface area (Å²) in [6, 6.07) is 15.4. The van der Waals surface area contributed by atoms with Crippen molar-refractivity contribution in [3.8, 4) is 0 Å². The maximum absolute atomic E-state index is 14.2. The lowest BCUT2D eigenvalue weighted by Gasteiger charge is -2.39. The molecule has 334 valence electrons. The number of ether oxygens (including phenoxy) is 3. The Balaban J connectivity index is 1.67. The Morgan fingerprint density at radius 1 is 0.883 bits per heavy atom. The molecule has 3 N–H and O–H groups in total. The molecule has 1 aliphatic rings. The maximum Gasteiger partial charge on any atom is 0.328 e. The van der Waals surface area contributed by atoms with Gasteiger partial charge in [-0.15, -0.1) is 0 Å². The molecule has 0 spiro atoms. The van der Waals surface area contributed by atoms with Crippen LogP contribution in [0, 0.1) is 17.8 Å². The normalized spacial score (nSPS) is 17.6. The van der Waals surface area contributed by atoms with Gasteiger partial charge in [0.1, 0.15) is 6.04 Å². The van der Waals surface area contributed by atoms with Crippen molar-refractivity contribution in [2.45, 2.75) is 110 Å². The molecule has 0 aromatic heterocycles. The minimum atomic E-state index is -0.894. The van der Waals surface area contributed by atoms with Crippen LogP contribution in [0.5, 0.6) is 0 Å². The second-order valence-electron chi connectivity index (χ2n) is 16.5. The number of carbonyl (C=O) groups is 5. The predicted octanol–water partition coefficient (Wildman–Crippen LogP) is 4.16. The van der Waals surface area contributed by atoms with Crippen LogP contribution in [0.15, 0.2) is 54.6 Å². The van der Waals surface area contributed by atoms with Crippen molar-refractivity contribution in [3.05, 3.63) is 65.7 Å². The van der Waals surface area contributed by atoms with Crippen LogP contribution in [0.25, 0.3) is 0 Å². The van der Waals surface area contributed by atoms with Crippen LogP contribution >= 0.6 is 0 Å². The molecule has 1 aliphatic heterocycles. The first-order valence-electron chi connectivity index (χ1n) is 21.4. The van der Waals surface area contributed by atoms with E-state index in [1.165, 1.54) is 19.8 Å². The van der Waals surface area contributed by atoms with Crippen molar-refractivity contribution in [1.29, 1.82) is 0 Å². The number of nitrogens with zero attached hydrogens (tertiary/aromatic N) is 3. The van der Waals surface area contributed by atoms with E-state index < -0.39 is 48.3 Å². The van der Waals surface area contributed by atoms with E-state index in [0.29, 0.717) is 19.5 Å². The van der Waals surface area contributed by atoms with E-state index in [1.54, 1.807) is 30.9 Å². The number of esters is 1. The zero-order chi connectivity index (χ0) is 44.5. The highest BCUT2D eigenvalue weighted by Crippen LogP contribution is 2.29. The van der Waals surface area contributed by atoms with Crippen LogP contribution < -0.4 is 16.0 Å². The van der Waals surface area contributed by atoms with E-state index in [0.717, 1.165) is 30.5 Å². The largest absolute Gasteiger partial charge is 0.467 e. The van der Waals surface area contributed by atoms with Gasteiger partial charge in [-0.05, 0) is 61.4 Å². The Hall–Kier alpha value is -4.53. The van der Waals surface area contributed by atoms with E-state index in [4.69, 9.17) is 14.2 Å². The molecule has 14 nitrogen and oxygen atoms in total. The lowest BCUT2D eigenvalue weighted by Crippen LogP contribution is -2.55. The average Bonchev–Trinajstić information content (AvgIpc) is 3.74. The number of carbonyl (C=O) groups excluding carboxylic acids is 5. The molecule has 3 rings (SSSR count). The molecule has 2 unspecified atom stereocenters. The molecule has 0 saturated carbocycles. The van der Waals surface area contributed by atoms with Crippen molar-refractivity contribution in [3.63, 3.8) is 0 Å². The number of amides is 4. The molecular formula is C46H72N6O8. The Labute approximate surface area is 358 Å². The van der Waals surface area contributed by atoms with E-state index in [2.05, 4.69) is 28.1 Å². The fourth-order valence-corrected chi connectivity index (χ4v) is 8.50. The van der Waals surface area contributed by atoms with Crippen molar-refractivity contribution >= 4 is 35.3 Å². The first-order valence-corrected chi connectivity index (χ1v) is 21.4. The molecule has 4 amide bonds. The molecule has 0 bridgehead atoms. The third-order valence-corrected chi connectivity index (χ3v) is 12.2. The fraction of sp³-hybridized carbons (Fsp3) is 0.630. The number of nitrogens with one attached hydrogen (secondary N) is 3. The van der Waals surface area contributed by atoms with Crippen molar-refractivity contribution < 1.29 is 38.2 Å². The summed E-state index contributed by atoms with van der Waals surface area (Å²) in [4.78, 5) is 73.4. The SMILES string of the molecule is CC[C@H](C)C([C@@H](CC(=O)N1CCC[C@H]1[C@H](OC)[C@@H](C)C(=O)N[C@@H](Cc1ccccc1)C(=O)OC)OC)N(C)C(=O)CNC(=O)C(C(C)C)N(C)CCc1ccc(NC)cc1. The number of rotatable bonds is 24. The van der Waals surface area contributed by atoms with Gasteiger partial charge in [-0.25, -0.2) is 4.79 Å². The molecule has 1 fully saturated rings. The summed E-state index contributed by atoms with van der Waals surface area (Å²) in [6.07, 6.45) is 1.83. The van der Waals surface area contributed by atoms with Gasteiger partial charge in [-0.1, -0.05) is 83.5 Å². The lowest BCUT2D eigenvalue weighted by atomic mass is 9.90. The molecule has 1 saturated heterocycles. The molecule has 0 aliphatic carbocycles. The summed E-state index contributed by atoms with van der Waals surface area (Å²) >= 11 is 0. The van der Waals surface area contributed by atoms with Gasteiger partial charge >= 0.3 is 5.97 Å². The van der Waals surface area contributed by atoms with Gasteiger partial charge in [0.25, 0.3) is 0 Å². The third kappa shape index (κ3) is 13.8. The molecule has 1 heterocycles. The number of likely N-dealkylation sites (N-methyl/N-ethyl adjacent to an activating group) is 2. The predicted molar refractivity (Wildman–Crippen MR) is 234 cm³/mol. The maximum atomic E-state index is 14.2. The zero-order valence-electron chi connectivity index (χ0n) is 37.9. The van der Waals surface area contributed by atoms with E-state index in [-0.39, 0.29) is 54.9 Å².